The van der Waals surface area contributed by atoms with Crippen LogP contribution in [0.2, 0.25) is 0 Å². The van der Waals surface area contributed by atoms with Crippen LogP contribution in [0.15, 0.2) is 11.6 Å². The molecule has 1 N–H and O–H groups in total. The Hall–Kier alpha value is -0.380. The molecule has 3 nitrogen and oxygen atoms in total. The molecule has 1 heterocycles. The largest absolute Gasteiger partial charge is 0.396 e. The molecule has 0 aromatic rings. The summed E-state index contributed by atoms with van der Waals surface area (Å²) in [4.78, 5) is 0. The molecular weight excluding hydrogens is 192 g/mol. The smallest absolute Gasteiger partial charge is 0.169 e. The summed E-state index contributed by atoms with van der Waals surface area (Å²) in [6.07, 6.45) is 6.40. The lowest BCUT2D eigenvalue weighted by atomic mass is 9.99. The monoisotopic (exact) mass is 210 g/mol. The molecule has 2 aliphatic carbocycles. The second-order valence-electron chi connectivity index (χ2n) is 4.94. The van der Waals surface area contributed by atoms with Crippen LogP contribution in [0, 0.1) is 11.8 Å². The lowest BCUT2D eigenvalue weighted by molar-refractivity contribution is -0.153. The molecule has 0 amide bonds. The molecule has 2 atom stereocenters. The molecule has 1 saturated carbocycles. The molecule has 1 aliphatic heterocycles. The highest BCUT2D eigenvalue weighted by Crippen LogP contribution is 2.51. The molecular formula is C12H18O3. The summed E-state index contributed by atoms with van der Waals surface area (Å²) in [7, 11) is 0. The molecule has 0 radical (unpaired) electrons. The third-order valence-electron chi connectivity index (χ3n) is 3.95. The van der Waals surface area contributed by atoms with Crippen molar-refractivity contribution in [2.75, 3.05) is 19.8 Å². The van der Waals surface area contributed by atoms with Crippen molar-refractivity contribution >= 4 is 0 Å². The SMILES string of the molecule is OCCC1=C[C@@H]2CC3(C[C@@H]2C1)OCCO3. The van der Waals surface area contributed by atoms with Crippen molar-refractivity contribution < 1.29 is 14.6 Å². The van der Waals surface area contributed by atoms with E-state index in [4.69, 9.17) is 14.6 Å². The Kier molecular flexibility index (Phi) is 2.34. The number of allylic oxidation sites excluding steroid dienone is 1. The van der Waals surface area contributed by atoms with Gasteiger partial charge in [0.25, 0.3) is 0 Å². The van der Waals surface area contributed by atoms with Gasteiger partial charge in [-0.15, -0.1) is 0 Å². The number of rotatable bonds is 2. The first-order valence-electron chi connectivity index (χ1n) is 5.90. The van der Waals surface area contributed by atoms with Crippen molar-refractivity contribution in [3.63, 3.8) is 0 Å². The molecule has 0 aromatic heterocycles. The van der Waals surface area contributed by atoms with E-state index in [1.54, 1.807) is 0 Å². The fourth-order valence-electron chi connectivity index (χ4n) is 3.35. The van der Waals surface area contributed by atoms with Gasteiger partial charge in [0, 0.05) is 19.4 Å². The first-order chi connectivity index (χ1) is 7.31. The fraction of sp³-hybridized carbons (Fsp3) is 0.833. The normalized spacial score (nSPS) is 37.3. The van der Waals surface area contributed by atoms with Crippen LogP contribution < -0.4 is 0 Å². The molecule has 3 aliphatic rings. The lowest BCUT2D eigenvalue weighted by Gasteiger charge is -2.22. The number of hydrogen-bond acceptors (Lipinski definition) is 3. The van der Waals surface area contributed by atoms with Gasteiger partial charge in [0.05, 0.1) is 13.2 Å². The Balaban J connectivity index is 1.68. The summed E-state index contributed by atoms with van der Waals surface area (Å²) in [6.45, 7) is 1.79. The van der Waals surface area contributed by atoms with Crippen molar-refractivity contribution in [1.82, 2.24) is 0 Å². The van der Waals surface area contributed by atoms with Crippen molar-refractivity contribution in [3.8, 4) is 0 Å². The van der Waals surface area contributed by atoms with E-state index >= 15 is 0 Å². The lowest BCUT2D eigenvalue weighted by Crippen LogP contribution is -2.26. The van der Waals surface area contributed by atoms with E-state index in [1.165, 1.54) is 5.57 Å². The van der Waals surface area contributed by atoms with Gasteiger partial charge in [0.15, 0.2) is 5.79 Å². The highest BCUT2D eigenvalue weighted by Gasteiger charge is 2.50. The van der Waals surface area contributed by atoms with Crippen LogP contribution in [0.1, 0.15) is 25.7 Å². The maximum absolute atomic E-state index is 8.90. The quantitative estimate of drug-likeness (QED) is 0.701. The van der Waals surface area contributed by atoms with E-state index in [0.717, 1.165) is 38.9 Å². The highest BCUT2D eigenvalue weighted by atomic mass is 16.7. The highest BCUT2D eigenvalue weighted by molar-refractivity contribution is 5.18. The Morgan fingerprint density at radius 3 is 2.80 bits per heavy atom. The summed E-state index contributed by atoms with van der Waals surface area (Å²) in [5.74, 6) is 1.09. The second-order valence-corrected chi connectivity index (χ2v) is 4.94. The molecule has 0 aromatic carbocycles. The van der Waals surface area contributed by atoms with Crippen LogP contribution in [0.4, 0.5) is 0 Å². The van der Waals surface area contributed by atoms with Crippen LogP contribution in [-0.4, -0.2) is 30.7 Å². The van der Waals surface area contributed by atoms with Gasteiger partial charge >= 0.3 is 0 Å². The van der Waals surface area contributed by atoms with Crippen molar-refractivity contribution in [1.29, 1.82) is 0 Å². The maximum atomic E-state index is 8.90. The molecule has 3 heteroatoms. The number of aliphatic hydroxyl groups excluding tert-OH is 1. The van der Waals surface area contributed by atoms with Crippen LogP contribution in [0.25, 0.3) is 0 Å². The zero-order valence-electron chi connectivity index (χ0n) is 8.95. The van der Waals surface area contributed by atoms with Crippen LogP contribution in [0.5, 0.6) is 0 Å². The Labute approximate surface area is 90.1 Å². The molecule has 1 saturated heterocycles. The molecule has 2 fully saturated rings. The number of ether oxygens (including phenoxy) is 2. The first-order valence-corrected chi connectivity index (χ1v) is 5.90. The van der Waals surface area contributed by atoms with E-state index in [0.29, 0.717) is 11.8 Å². The number of aliphatic hydroxyl groups is 1. The minimum atomic E-state index is -0.240. The summed E-state index contributed by atoms with van der Waals surface area (Å²) < 4.78 is 11.5. The van der Waals surface area contributed by atoms with Crippen molar-refractivity contribution in [2.24, 2.45) is 11.8 Å². The zero-order valence-corrected chi connectivity index (χ0v) is 8.95. The standard InChI is InChI=1S/C12H18O3/c13-2-1-9-5-10-7-12(8-11(10)6-9)14-3-4-15-12/h5,10-11,13H,1-4,6-8H2/t10-,11+/m1/s1. The summed E-state index contributed by atoms with van der Waals surface area (Å²) in [5.41, 5.74) is 1.43. The van der Waals surface area contributed by atoms with E-state index in [1.807, 2.05) is 0 Å². The van der Waals surface area contributed by atoms with E-state index < -0.39 is 0 Å². The predicted octanol–water partition coefficient (Wildman–Crippen LogP) is 1.47. The average molecular weight is 210 g/mol. The molecule has 84 valence electrons. The molecule has 3 rings (SSSR count). The van der Waals surface area contributed by atoms with E-state index in [-0.39, 0.29) is 12.4 Å². The van der Waals surface area contributed by atoms with Gasteiger partial charge in [-0.2, -0.15) is 0 Å². The third-order valence-corrected chi connectivity index (χ3v) is 3.95. The van der Waals surface area contributed by atoms with Gasteiger partial charge in [0.2, 0.25) is 0 Å². The summed E-state index contributed by atoms with van der Waals surface area (Å²) in [5, 5.41) is 8.90. The van der Waals surface area contributed by atoms with Gasteiger partial charge in [-0.1, -0.05) is 11.6 Å². The summed E-state index contributed by atoms with van der Waals surface area (Å²) >= 11 is 0. The van der Waals surface area contributed by atoms with Crippen molar-refractivity contribution in [2.45, 2.75) is 31.5 Å². The van der Waals surface area contributed by atoms with Crippen LogP contribution >= 0.6 is 0 Å². The number of hydrogen-bond donors (Lipinski definition) is 1. The number of fused-ring (bicyclic) bond motifs is 1. The fourth-order valence-corrected chi connectivity index (χ4v) is 3.35. The Bertz CT molecular complexity index is 279. The van der Waals surface area contributed by atoms with Gasteiger partial charge in [-0.05, 0) is 24.7 Å². The molecule has 0 bridgehead atoms. The minimum Gasteiger partial charge on any atom is -0.396 e. The van der Waals surface area contributed by atoms with Crippen LogP contribution in [0.3, 0.4) is 0 Å². The molecule has 1 spiro atoms. The van der Waals surface area contributed by atoms with Gasteiger partial charge in [-0.25, -0.2) is 0 Å². The summed E-state index contributed by atoms with van der Waals surface area (Å²) in [6, 6.07) is 0. The molecule has 0 unspecified atom stereocenters. The second kappa shape index (κ2) is 3.58. The predicted molar refractivity (Wildman–Crippen MR) is 55.3 cm³/mol. The Morgan fingerprint density at radius 2 is 2.13 bits per heavy atom. The Morgan fingerprint density at radius 1 is 1.33 bits per heavy atom. The molecule has 15 heavy (non-hydrogen) atoms. The van der Waals surface area contributed by atoms with Crippen molar-refractivity contribution in [3.05, 3.63) is 11.6 Å². The third kappa shape index (κ3) is 1.63. The van der Waals surface area contributed by atoms with E-state index in [9.17, 15) is 0 Å². The topological polar surface area (TPSA) is 38.7 Å². The van der Waals surface area contributed by atoms with Gasteiger partial charge in [0.1, 0.15) is 0 Å². The zero-order chi connectivity index (χ0) is 10.3. The maximum Gasteiger partial charge on any atom is 0.169 e. The van der Waals surface area contributed by atoms with Gasteiger partial charge < -0.3 is 14.6 Å². The van der Waals surface area contributed by atoms with Gasteiger partial charge in [-0.3, -0.25) is 0 Å². The van der Waals surface area contributed by atoms with E-state index in [2.05, 4.69) is 6.08 Å². The first kappa shape index (κ1) is 9.82. The minimum absolute atomic E-state index is 0.240. The van der Waals surface area contributed by atoms with Crippen LogP contribution in [-0.2, 0) is 9.47 Å². The average Bonchev–Trinajstić information content (AvgIpc) is 2.83.